The van der Waals surface area contributed by atoms with Crippen LogP contribution in [0.25, 0.3) is 0 Å². The normalized spacial score (nSPS) is 28.6. The highest BCUT2D eigenvalue weighted by Gasteiger charge is 2.45. The van der Waals surface area contributed by atoms with Gasteiger partial charge in [0.15, 0.2) is 0 Å². The molecule has 0 saturated carbocycles. The van der Waals surface area contributed by atoms with Crippen LogP contribution >= 0.6 is 0 Å². The number of fused-ring (bicyclic) bond motifs is 1. The lowest BCUT2D eigenvalue weighted by Gasteiger charge is -2.33. The van der Waals surface area contributed by atoms with Gasteiger partial charge in [-0.1, -0.05) is 6.08 Å². The lowest BCUT2D eigenvalue weighted by atomic mass is 9.83. The molecular weight excluding hydrogens is 254 g/mol. The molecule has 0 spiro atoms. The predicted molar refractivity (Wildman–Crippen MR) is 62.9 cm³/mol. The van der Waals surface area contributed by atoms with Crippen LogP contribution in [0, 0.1) is 11.8 Å². The monoisotopic (exact) mass is 269 g/mol. The molecule has 1 amide bonds. The Morgan fingerprint density at radius 1 is 1.58 bits per heavy atom. The van der Waals surface area contributed by atoms with Crippen LogP contribution in [0.2, 0.25) is 0 Å². The summed E-state index contributed by atoms with van der Waals surface area (Å²) in [5, 5.41) is 20.7. The van der Waals surface area contributed by atoms with E-state index < -0.39 is 24.3 Å². The summed E-state index contributed by atoms with van der Waals surface area (Å²) in [5.74, 6) is -1.87. The summed E-state index contributed by atoms with van der Waals surface area (Å²) in [7, 11) is 1.42. The van der Waals surface area contributed by atoms with Gasteiger partial charge in [0.05, 0.1) is 24.4 Å². The van der Waals surface area contributed by atoms with E-state index in [1.54, 1.807) is 6.08 Å². The van der Waals surface area contributed by atoms with Crippen LogP contribution < -0.4 is 5.32 Å². The number of aliphatic hydroxyl groups is 1. The Balaban J connectivity index is 2.24. The van der Waals surface area contributed by atoms with Crippen LogP contribution in [-0.4, -0.2) is 42.2 Å². The van der Waals surface area contributed by atoms with Gasteiger partial charge in [-0.3, -0.25) is 0 Å². The zero-order chi connectivity index (χ0) is 14.0. The summed E-state index contributed by atoms with van der Waals surface area (Å²) >= 11 is 0. The van der Waals surface area contributed by atoms with Gasteiger partial charge in [0.1, 0.15) is 0 Å². The van der Waals surface area contributed by atoms with Gasteiger partial charge in [-0.25, -0.2) is 9.59 Å². The minimum atomic E-state index is -1.07. The fourth-order valence-electron chi connectivity index (χ4n) is 2.46. The number of carbonyl (C=O) groups excluding carboxylic acids is 1. The lowest BCUT2D eigenvalue weighted by Crippen LogP contribution is -2.40. The van der Waals surface area contributed by atoms with Crippen molar-refractivity contribution in [1.29, 1.82) is 0 Å². The molecular formula is C12H15NO6. The largest absolute Gasteiger partial charge is 0.478 e. The first kappa shape index (κ1) is 13.4. The second-order valence-corrected chi connectivity index (χ2v) is 4.34. The molecule has 0 saturated heterocycles. The second kappa shape index (κ2) is 5.31. The first-order valence-corrected chi connectivity index (χ1v) is 5.85. The van der Waals surface area contributed by atoms with Crippen molar-refractivity contribution < 1.29 is 29.3 Å². The van der Waals surface area contributed by atoms with Crippen LogP contribution in [0.4, 0.5) is 4.79 Å². The zero-order valence-electron chi connectivity index (χ0n) is 10.3. The average Bonchev–Trinajstić information content (AvgIpc) is 2.82. The number of aliphatic hydroxyl groups excluding tert-OH is 1. The molecule has 0 unspecified atom stereocenters. The van der Waals surface area contributed by atoms with Gasteiger partial charge in [-0.15, -0.1) is 0 Å². The molecule has 0 bridgehead atoms. The predicted octanol–water partition coefficient (Wildman–Crippen LogP) is 0.222. The highest BCUT2D eigenvalue weighted by atomic mass is 16.7. The molecule has 7 heteroatoms. The molecule has 19 heavy (non-hydrogen) atoms. The van der Waals surface area contributed by atoms with Crippen LogP contribution in [0.5, 0.6) is 0 Å². The van der Waals surface area contributed by atoms with E-state index in [4.69, 9.17) is 14.6 Å². The van der Waals surface area contributed by atoms with Gasteiger partial charge in [-0.2, -0.15) is 0 Å². The number of aliphatic carboxylic acids is 1. The molecule has 7 nitrogen and oxygen atoms in total. The van der Waals surface area contributed by atoms with E-state index in [-0.39, 0.29) is 18.1 Å². The van der Waals surface area contributed by atoms with E-state index in [1.807, 2.05) is 0 Å². The SMILES string of the molecule is CNC(=O)O[C@H]1OC=C(C(=O)O)[C@H]2CC=C(CO)[C@H]12. The van der Waals surface area contributed by atoms with Crippen molar-refractivity contribution in [2.24, 2.45) is 11.8 Å². The van der Waals surface area contributed by atoms with Gasteiger partial charge >= 0.3 is 12.1 Å². The van der Waals surface area contributed by atoms with E-state index in [9.17, 15) is 14.7 Å². The average molecular weight is 269 g/mol. The van der Waals surface area contributed by atoms with Crippen LogP contribution in [0.15, 0.2) is 23.5 Å². The zero-order valence-corrected chi connectivity index (χ0v) is 10.3. The van der Waals surface area contributed by atoms with Gasteiger partial charge in [0.2, 0.25) is 0 Å². The minimum absolute atomic E-state index is 0.126. The fourth-order valence-corrected chi connectivity index (χ4v) is 2.46. The number of alkyl carbamates (subject to hydrolysis) is 1. The molecule has 1 aliphatic heterocycles. The lowest BCUT2D eigenvalue weighted by molar-refractivity contribution is -0.138. The Bertz CT molecular complexity index is 455. The van der Waals surface area contributed by atoms with Crippen LogP contribution in [0.3, 0.4) is 0 Å². The minimum Gasteiger partial charge on any atom is -0.478 e. The number of carboxylic acid groups (broad SMARTS) is 1. The van der Waals surface area contributed by atoms with Gasteiger partial charge in [0.25, 0.3) is 6.29 Å². The van der Waals surface area contributed by atoms with Crippen molar-refractivity contribution in [1.82, 2.24) is 5.32 Å². The molecule has 0 radical (unpaired) electrons. The Kier molecular flexibility index (Phi) is 3.75. The van der Waals surface area contributed by atoms with E-state index in [0.717, 1.165) is 6.26 Å². The highest BCUT2D eigenvalue weighted by molar-refractivity contribution is 5.87. The summed E-state index contributed by atoms with van der Waals surface area (Å²) in [5.41, 5.74) is 0.757. The van der Waals surface area contributed by atoms with Crippen LogP contribution in [0.1, 0.15) is 6.42 Å². The molecule has 1 aliphatic carbocycles. The number of carbonyl (C=O) groups is 2. The number of carboxylic acids is 1. The number of hydrogen-bond acceptors (Lipinski definition) is 5. The van der Waals surface area contributed by atoms with Crippen molar-refractivity contribution in [3.8, 4) is 0 Å². The Hall–Kier alpha value is -2.02. The standard InChI is InChI=1S/C12H15NO6/c1-13-12(17)19-11-9-6(4-14)2-3-7(9)8(5-18-11)10(15)16/h2,5,7,9,11,14H,3-4H2,1H3,(H,13,17)(H,15,16)/t7-,9+,11-/m1/s1. The third-order valence-electron chi connectivity index (χ3n) is 3.37. The molecule has 3 N–H and O–H groups in total. The third-order valence-corrected chi connectivity index (χ3v) is 3.37. The molecule has 0 aromatic heterocycles. The second-order valence-electron chi connectivity index (χ2n) is 4.34. The van der Waals surface area contributed by atoms with Gasteiger partial charge in [0, 0.05) is 13.0 Å². The van der Waals surface area contributed by atoms with Crippen molar-refractivity contribution >= 4 is 12.1 Å². The molecule has 2 rings (SSSR count). The molecule has 1 heterocycles. The molecule has 2 aliphatic rings. The molecule has 0 aromatic rings. The van der Waals surface area contributed by atoms with E-state index in [0.29, 0.717) is 12.0 Å². The van der Waals surface area contributed by atoms with E-state index >= 15 is 0 Å². The highest BCUT2D eigenvalue weighted by Crippen LogP contribution is 2.43. The quantitative estimate of drug-likeness (QED) is 0.633. The third kappa shape index (κ3) is 2.41. The molecule has 0 aromatic carbocycles. The van der Waals surface area contributed by atoms with Crippen molar-refractivity contribution in [3.05, 3.63) is 23.5 Å². The summed E-state index contributed by atoms with van der Waals surface area (Å²) in [6.07, 6.45) is 1.77. The van der Waals surface area contributed by atoms with Crippen LogP contribution in [-0.2, 0) is 14.3 Å². The maximum atomic E-state index is 11.2. The summed E-state index contributed by atoms with van der Waals surface area (Å²) in [6, 6.07) is 0. The van der Waals surface area contributed by atoms with Crippen molar-refractivity contribution in [3.63, 3.8) is 0 Å². The Labute approximate surface area is 109 Å². The maximum Gasteiger partial charge on any atom is 0.409 e. The number of nitrogens with one attached hydrogen (secondary N) is 1. The van der Waals surface area contributed by atoms with E-state index in [1.165, 1.54) is 7.05 Å². The Morgan fingerprint density at radius 3 is 2.89 bits per heavy atom. The fraction of sp³-hybridized carbons (Fsp3) is 0.500. The Morgan fingerprint density at radius 2 is 2.32 bits per heavy atom. The van der Waals surface area contributed by atoms with E-state index in [2.05, 4.69) is 5.32 Å². The summed E-state index contributed by atoms with van der Waals surface area (Å²) in [6.45, 7) is -0.217. The summed E-state index contributed by atoms with van der Waals surface area (Å²) in [4.78, 5) is 22.4. The number of amides is 1. The smallest absolute Gasteiger partial charge is 0.409 e. The number of ether oxygens (including phenoxy) is 2. The topological polar surface area (TPSA) is 105 Å². The molecule has 104 valence electrons. The van der Waals surface area contributed by atoms with Crippen molar-refractivity contribution in [2.45, 2.75) is 12.7 Å². The van der Waals surface area contributed by atoms with Gasteiger partial charge < -0.3 is 25.0 Å². The maximum absolute atomic E-state index is 11.2. The molecule has 3 atom stereocenters. The first-order valence-electron chi connectivity index (χ1n) is 5.85. The number of allylic oxidation sites excluding steroid dienone is 1. The number of rotatable bonds is 3. The first-order chi connectivity index (χ1) is 9.08. The summed E-state index contributed by atoms with van der Waals surface area (Å²) < 4.78 is 10.2. The van der Waals surface area contributed by atoms with Gasteiger partial charge in [-0.05, 0) is 12.0 Å². The molecule has 0 fully saturated rings. The number of hydrogen-bond donors (Lipinski definition) is 3. The van der Waals surface area contributed by atoms with Crippen molar-refractivity contribution in [2.75, 3.05) is 13.7 Å².